The highest BCUT2D eigenvalue weighted by Gasteiger charge is 2.28. The van der Waals surface area contributed by atoms with Gasteiger partial charge in [-0.25, -0.2) is 0 Å². The van der Waals surface area contributed by atoms with Crippen molar-refractivity contribution in [2.24, 2.45) is 23.7 Å². The second kappa shape index (κ2) is 15.3. The fraction of sp³-hybridized carbons (Fsp3) is 1.00. The average Bonchev–Trinajstić information content (AvgIpc) is 2.75. The van der Waals surface area contributed by atoms with Gasteiger partial charge in [0.2, 0.25) is 0 Å². The first-order chi connectivity index (χ1) is 16.2. The summed E-state index contributed by atoms with van der Waals surface area (Å²) in [5, 5.41) is 0. The van der Waals surface area contributed by atoms with Crippen LogP contribution in [0.5, 0.6) is 0 Å². The van der Waals surface area contributed by atoms with Gasteiger partial charge in [0.25, 0.3) is 0 Å². The fourth-order valence-electron chi connectivity index (χ4n) is 6.30. The Morgan fingerprint density at radius 1 is 0.657 bits per heavy atom. The summed E-state index contributed by atoms with van der Waals surface area (Å²) >= 11 is 0. The van der Waals surface area contributed by atoms with E-state index < -0.39 is 0 Å². The van der Waals surface area contributed by atoms with Crippen LogP contribution in [0.4, 0.5) is 0 Å². The SMILES string of the molecule is CC(C)C1CC[N+](C)(C)CC1.CC(C)C[N+]1(C)CCCCC1.CC[N+]1(C)CCN(CC(C)C)CC1. The number of likely N-dealkylation sites (N-methyl/N-ethyl adjacent to an activating group) is 1. The van der Waals surface area contributed by atoms with Crippen LogP contribution in [-0.4, -0.2) is 119 Å². The van der Waals surface area contributed by atoms with Crippen molar-refractivity contribution in [3.05, 3.63) is 0 Å². The average molecular weight is 498 g/mol. The van der Waals surface area contributed by atoms with Crippen LogP contribution >= 0.6 is 0 Å². The van der Waals surface area contributed by atoms with Crippen molar-refractivity contribution in [2.45, 2.75) is 80.6 Å². The molecule has 0 aromatic rings. The topological polar surface area (TPSA) is 3.24 Å². The van der Waals surface area contributed by atoms with E-state index in [1.807, 2.05) is 0 Å². The Bertz CT molecular complexity index is 530. The van der Waals surface area contributed by atoms with E-state index in [4.69, 9.17) is 0 Å². The van der Waals surface area contributed by atoms with E-state index >= 15 is 0 Å². The second-order valence-electron chi connectivity index (χ2n) is 14.7. The molecule has 3 aliphatic heterocycles. The van der Waals surface area contributed by atoms with Gasteiger partial charge in [0, 0.05) is 25.6 Å². The van der Waals surface area contributed by atoms with Crippen molar-refractivity contribution < 1.29 is 13.4 Å². The lowest BCUT2D eigenvalue weighted by molar-refractivity contribution is -0.916. The molecule has 0 atom stereocenters. The predicted molar refractivity (Wildman–Crippen MR) is 157 cm³/mol. The maximum absolute atomic E-state index is 2.61. The van der Waals surface area contributed by atoms with Gasteiger partial charge in [-0.05, 0) is 56.8 Å². The number of hydrogen-bond acceptors (Lipinski definition) is 1. The van der Waals surface area contributed by atoms with Gasteiger partial charge in [0.05, 0.1) is 80.5 Å². The van der Waals surface area contributed by atoms with E-state index in [1.165, 1.54) is 118 Å². The van der Waals surface area contributed by atoms with E-state index in [1.54, 1.807) is 0 Å². The van der Waals surface area contributed by atoms with Crippen molar-refractivity contribution in [1.29, 1.82) is 0 Å². The van der Waals surface area contributed by atoms with Gasteiger partial charge in [-0.1, -0.05) is 41.5 Å². The Balaban J connectivity index is 0.000000264. The van der Waals surface area contributed by atoms with Gasteiger partial charge in [0.15, 0.2) is 0 Å². The Morgan fingerprint density at radius 2 is 1.17 bits per heavy atom. The summed E-state index contributed by atoms with van der Waals surface area (Å²) in [5.74, 6) is 3.58. The highest BCUT2D eigenvalue weighted by atomic mass is 15.4. The van der Waals surface area contributed by atoms with E-state index in [9.17, 15) is 0 Å². The number of piperazine rings is 1. The van der Waals surface area contributed by atoms with Gasteiger partial charge in [-0.3, -0.25) is 4.90 Å². The fourth-order valence-corrected chi connectivity index (χ4v) is 6.30. The molecule has 3 heterocycles. The van der Waals surface area contributed by atoms with Gasteiger partial charge < -0.3 is 13.4 Å². The quantitative estimate of drug-likeness (QED) is 0.418. The molecule has 0 amide bonds. The monoisotopic (exact) mass is 498 g/mol. The standard InChI is InChI=1S/C11H25N2.2C10H22N/c1-5-13(4)8-6-12(7-9-13)10-11(2)3;1-9(2)10-5-7-11(3,4)8-6-10;1-10(2)9-11(3)7-5-4-6-8-11/h11H,5-10H2,1-4H3;9-10H,5-8H2,1-4H3;10H,4-9H2,1-3H3/q3*+1. The third-order valence-electron chi connectivity index (χ3n) is 9.15. The molecule has 0 unspecified atom stereocenters. The summed E-state index contributed by atoms with van der Waals surface area (Å²) < 4.78 is 3.84. The van der Waals surface area contributed by atoms with Crippen LogP contribution < -0.4 is 0 Å². The first kappa shape index (κ1) is 32.9. The minimum Gasteiger partial charge on any atom is -0.328 e. The Kier molecular flexibility index (Phi) is 14.4. The minimum atomic E-state index is 0.818. The number of rotatable bonds is 6. The van der Waals surface area contributed by atoms with E-state index in [2.05, 4.69) is 81.6 Å². The molecule has 3 fully saturated rings. The van der Waals surface area contributed by atoms with Crippen LogP contribution in [0.3, 0.4) is 0 Å². The van der Waals surface area contributed by atoms with Crippen molar-refractivity contribution in [1.82, 2.24) is 4.90 Å². The first-order valence-corrected chi connectivity index (χ1v) is 15.4. The third-order valence-corrected chi connectivity index (χ3v) is 9.15. The summed E-state index contributed by atoms with van der Waals surface area (Å²) in [6, 6.07) is 0. The van der Waals surface area contributed by atoms with E-state index in [0.717, 1.165) is 23.7 Å². The van der Waals surface area contributed by atoms with Crippen LogP contribution in [-0.2, 0) is 0 Å². The summed E-state index contributed by atoms with van der Waals surface area (Å²) in [6.45, 7) is 31.1. The molecule has 3 saturated heterocycles. The van der Waals surface area contributed by atoms with Gasteiger partial charge in [-0.15, -0.1) is 0 Å². The number of hydrogen-bond donors (Lipinski definition) is 0. The molecule has 0 radical (unpaired) electrons. The molecule has 0 aliphatic carbocycles. The zero-order chi connectivity index (χ0) is 26.7. The number of quaternary nitrogens is 3. The number of nitrogens with zero attached hydrogens (tertiary/aromatic N) is 4. The molecule has 0 bridgehead atoms. The van der Waals surface area contributed by atoms with Crippen molar-refractivity contribution in [3.8, 4) is 0 Å². The molecule has 0 N–H and O–H groups in total. The molecular weight excluding hydrogens is 428 g/mol. The van der Waals surface area contributed by atoms with Crippen LogP contribution in [0.1, 0.15) is 80.6 Å². The molecule has 4 nitrogen and oxygen atoms in total. The molecule has 35 heavy (non-hydrogen) atoms. The second-order valence-corrected chi connectivity index (χ2v) is 14.7. The van der Waals surface area contributed by atoms with E-state index in [-0.39, 0.29) is 0 Å². The van der Waals surface area contributed by atoms with Gasteiger partial charge in [-0.2, -0.15) is 0 Å². The molecular formula is C31H69N4+3. The van der Waals surface area contributed by atoms with E-state index in [0.29, 0.717) is 0 Å². The highest BCUT2D eigenvalue weighted by Crippen LogP contribution is 2.26. The number of likely N-dealkylation sites (tertiary alicyclic amines) is 2. The molecule has 4 heteroatoms. The molecule has 210 valence electrons. The Labute approximate surface area is 222 Å². The lowest BCUT2D eigenvalue weighted by atomic mass is 9.86. The molecule has 0 aromatic carbocycles. The number of piperidine rings is 2. The maximum Gasteiger partial charge on any atom is 0.0914 e. The molecule has 0 aromatic heterocycles. The summed E-state index contributed by atoms with van der Waals surface area (Å²) in [4.78, 5) is 2.61. The smallest absolute Gasteiger partial charge is 0.0914 e. The van der Waals surface area contributed by atoms with Crippen LogP contribution in [0.2, 0.25) is 0 Å². The van der Waals surface area contributed by atoms with Gasteiger partial charge in [0.1, 0.15) is 0 Å². The lowest BCUT2D eigenvalue weighted by Crippen LogP contribution is -2.57. The molecule has 0 saturated carbocycles. The Hall–Kier alpha value is -0.160. The largest absolute Gasteiger partial charge is 0.328 e. The zero-order valence-corrected chi connectivity index (χ0v) is 26.4. The molecule has 0 spiro atoms. The first-order valence-electron chi connectivity index (χ1n) is 15.4. The summed E-state index contributed by atoms with van der Waals surface area (Å²) in [7, 11) is 9.49. The van der Waals surface area contributed by atoms with Crippen LogP contribution in [0, 0.1) is 23.7 Å². The van der Waals surface area contributed by atoms with Crippen molar-refractivity contribution in [3.63, 3.8) is 0 Å². The molecule has 3 rings (SSSR count). The molecule has 3 aliphatic rings. The summed E-state index contributed by atoms with van der Waals surface area (Å²) in [5.41, 5.74) is 0. The third kappa shape index (κ3) is 13.8. The van der Waals surface area contributed by atoms with Crippen molar-refractivity contribution in [2.75, 3.05) is 100 Å². The Morgan fingerprint density at radius 3 is 1.57 bits per heavy atom. The zero-order valence-electron chi connectivity index (χ0n) is 26.4. The highest BCUT2D eigenvalue weighted by molar-refractivity contribution is 4.66. The normalized spacial score (nSPS) is 24.5. The minimum absolute atomic E-state index is 0.818. The van der Waals surface area contributed by atoms with Gasteiger partial charge >= 0.3 is 0 Å². The maximum atomic E-state index is 2.61. The summed E-state index contributed by atoms with van der Waals surface area (Å²) in [6.07, 6.45) is 7.23. The lowest BCUT2D eigenvalue weighted by Gasteiger charge is -2.41. The van der Waals surface area contributed by atoms with Crippen molar-refractivity contribution >= 4 is 0 Å². The van der Waals surface area contributed by atoms with Crippen LogP contribution in [0.25, 0.3) is 0 Å². The predicted octanol–water partition coefficient (Wildman–Crippen LogP) is 5.83. The van der Waals surface area contributed by atoms with Crippen LogP contribution in [0.15, 0.2) is 0 Å².